The summed E-state index contributed by atoms with van der Waals surface area (Å²) >= 11 is 1.33. The summed E-state index contributed by atoms with van der Waals surface area (Å²) in [6, 6.07) is 32.1. The van der Waals surface area contributed by atoms with Gasteiger partial charge in [0.05, 0.1) is 57.7 Å². The first kappa shape index (κ1) is 78.4. The topological polar surface area (TPSA) is 392 Å². The van der Waals surface area contributed by atoms with Gasteiger partial charge in [-0.3, -0.25) is 52.7 Å². The monoisotopic (exact) mass is 1430 g/mol. The molecule has 8 rings (SSSR count). The summed E-state index contributed by atoms with van der Waals surface area (Å²) in [5.74, 6) is -10.2. The number of nitrogens with one attached hydrogen (secondary N) is 8. The number of carbonyl (C=O) groups excluding carboxylic acids is 9. The average molecular weight is 1430 g/mol. The van der Waals surface area contributed by atoms with Gasteiger partial charge in [0, 0.05) is 56.6 Å². The first-order chi connectivity index (χ1) is 49.6. The SMILES string of the molecule is CSCC[C@H](NC(=O)[C@@H](N)CC(=O)O)C(=O)N[C@@H](Cc1cnc[nH]1)C(=O)N[C@@H](CC(=O)O)C(=O)N[C@@H](Cc1ccccc1)C(=O)N[C@@H](Cc1ccccc1)C(=O)N[C@@H](Cc1ccccc1)C(=O)N1CC[C@@H]2CN([C@@H](CC(C)C)C(=O)NC(COCc3ccccc3)COCc3ccccc3)C(=O)[C@@H]21. The minimum absolute atomic E-state index is 0.0126. The van der Waals surface area contributed by atoms with Crippen LogP contribution in [-0.2, 0) is 101 Å². The smallest absolute Gasteiger partial charge is 0.305 e. The highest BCUT2D eigenvalue weighted by atomic mass is 32.2. The molecule has 10 atom stereocenters. The van der Waals surface area contributed by atoms with Crippen LogP contribution in [0.15, 0.2) is 164 Å². The van der Waals surface area contributed by atoms with Crippen LogP contribution in [0.3, 0.4) is 0 Å². The summed E-state index contributed by atoms with van der Waals surface area (Å²) in [4.78, 5) is 166. The van der Waals surface area contributed by atoms with Crippen molar-refractivity contribution in [2.45, 2.75) is 145 Å². The number of aromatic nitrogens is 2. The van der Waals surface area contributed by atoms with Crippen LogP contribution >= 0.6 is 11.8 Å². The van der Waals surface area contributed by atoms with Crippen molar-refractivity contribution in [1.82, 2.24) is 57.0 Å². The molecule has 548 valence electrons. The first-order valence-electron chi connectivity index (χ1n) is 34.4. The molecule has 6 aromatic rings. The second-order valence-electron chi connectivity index (χ2n) is 26.2. The van der Waals surface area contributed by atoms with Gasteiger partial charge < -0.3 is 77.4 Å². The summed E-state index contributed by atoms with van der Waals surface area (Å²) in [7, 11) is 0. The molecule has 2 aliphatic rings. The largest absolute Gasteiger partial charge is 0.481 e. The molecule has 9 amide bonds. The first-order valence-corrected chi connectivity index (χ1v) is 35.8. The van der Waals surface area contributed by atoms with Crippen molar-refractivity contribution < 1.29 is 72.4 Å². The molecule has 28 heteroatoms. The number of amides is 9. The van der Waals surface area contributed by atoms with Gasteiger partial charge in [0.15, 0.2) is 0 Å². The fourth-order valence-corrected chi connectivity index (χ4v) is 12.9. The number of rotatable bonds is 41. The lowest BCUT2D eigenvalue weighted by molar-refractivity contribution is -0.146. The number of hydrogen-bond acceptors (Lipinski definition) is 16. The van der Waals surface area contributed by atoms with E-state index in [4.69, 9.17) is 15.2 Å². The van der Waals surface area contributed by atoms with Gasteiger partial charge in [-0.1, -0.05) is 166 Å². The Morgan fingerprint density at radius 1 is 0.553 bits per heavy atom. The van der Waals surface area contributed by atoms with Gasteiger partial charge in [-0.15, -0.1) is 0 Å². The number of likely N-dealkylation sites (tertiary alicyclic amines) is 2. The number of H-pyrrole nitrogens is 1. The van der Waals surface area contributed by atoms with Gasteiger partial charge in [0.25, 0.3) is 0 Å². The number of carboxylic acid groups (broad SMARTS) is 2. The lowest BCUT2D eigenvalue weighted by atomic mass is 10.00. The van der Waals surface area contributed by atoms with Crippen LogP contribution in [0, 0.1) is 11.8 Å². The zero-order valence-corrected chi connectivity index (χ0v) is 58.7. The second-order valence-corrected chi connectivity index (χ2v) is 27.2. The number of aliphatic carboxylic acids is 2. The third-order valence-corrected chi connectivity index (χ3v) is 18.3. The molecule has 3 heterocycles. The number of hydrogen-bond donors (Lipinski definition) is 11. The average Bonchev–Trinajstić information content (AvgIpc) is 1.61. The van der Waals surface area contributed by atoms with E-state index in [0.717, 1.165) is 11.1 Å². The van der Waals surface area contributed by atoms with E-state index < -0.39 is 138 Å². The van der Waals surface area contributed by atoms with Crippen molar-refractivity contribution in [2.75, 3.05) is 38.3 Å². The number of imidazole rings is 1. The third kappa shape index (κ3) is 24.5. The van der Waals surface area contributed by atoms with Crippen molar-refractivity contribution in [3.8, 4) is 0 Å². The number of fused-ring (bicyclic) bond motifs is 1. The fraction of sp³-hybridized carbons (Fsp3) is 0.413. The molecule has 0 radical (unpaired) electrons. The van der Waals surface area contributed by atoms with E-state index in [1.165, 1.54) is 29.2 Å². The van der Waals surface area contributed by atoms with E-state index in [0.29, 0.717) is 54.2 Å². The van der Waals surface area contributed by atoms with Crippen LogP contribution in [0.5, 0.6) is 0 Å². The zero-order valence-electron chi connectivity index (χ0n) is 57.9. The molecule has 12 N–H and O–H groups in total. The van der Waals surface area contributed by atoms with Crippen LogP contribution in [0.2, 0.25) is 0 Å². The number of thioether (sulfide) groups is 1. The number of aromatic amines is 1. The number of nitrogens with two attached hydrogens (primary N) is 1. The molecule has 0 spiro atoms. The number of nitrogens with zero attached hydrogens (tertiary/aromatic N) is 3. The summed E-state index contributed by atoms with van der Waals surface area (Å²) in [6.07, 6.45) is 2.67. The van der Waals surface area contributed by atoms with Crippen LogP contribution in [-0.4, -0.2) is 194 Å². The van der Waals surface area contributed by atoms with E-state index in [9.17, 15) is 43.8 Å². The maximum atomic E-state index is 15.5. The molecule has 0 saturated carbocycles. The standard InChI is InChI=1S/C75H92N12O15S/c1-47(2)33-63(73(98)79-55(44-101-42-51-25-15-7-16-26-51)45-102-43-52-27-17-8-18-28-52)87-41-53-29-31-86(66(53)75(87)100)74(99)62(36-50-23-13-6-14-24-50)85-70(95)59(35-49-21-11-5-12-22-49)81-69(94)58(34-48-19-9-4-10-20-48)82-72(97)61(39-65(90)91)84-71(96)60(37-54-40-77-46-78-54)83-68(93)57(30-32-103-3)80-67(92)56(76)38-64(88)89/h4-28,40,46-47,53,55-63,66H,29-39,41-45,76H2,1-3H3,(H,77,78)(H,79,98)(H,80,92)(H,81,94)(H,82,97)(H,83,93)(H,84,96)(H,85,95)(H,88,89)(H,90,91)/t53-,56+,57+,58+,59+,60+,61+,62+,63+,66-/m1/s1. The predicted octanol–water partition coefficient (Wildman–Crippen LogP) is 3.01. The van der Waals surface area contributed by atoms with Crippen molar-refractivity contribution in [3.05, 3.63) is 198 Å². The lowest BCUT2D eigenvalue weighted by Crippen LogP contribution is -2.61. The Hall–Kier alpha value is -10.3. The van der Waals surface area contributed by atoms with Gasteiger partial charge >= 0.3 is 11.9 Å². The summed E-state index contributed by atoms with van der Waals surface area (Å²) < 4.78 is 12.3. The summed E-state index contributed by atoms with van der Waals surface area (Å²) in [5, 5.41) is 38.4. The Labute approximate surface area is 602 Å². The maximum Gasteiger partial charge on any atom is 0.305 e. The highest BCUT2D eigenvalue weighted by molar-refractivity contribution is 7.98. The molecule has 103 heavy (non-hydrogen) atoms. The summed E-state index contributed by atoms with van der Waals surface area (Å²) in [6.45, 7) is 5.08. The van der Waals surface area contributed by atoms with Crippen LogP contribution in [0.4, 0.5) is 0 Å². The highest BCUT2D eigenvalue weighted by Gasteiger charge is 2.53. The van der Waals surface area contributed by atoms with E-state index in [2.05, 4.69) is 47.2 Å². The Balaban J connectivity index is 1.02. The van der Waals surface area contributed by atoms with Crippen LogP contribution in [0.1, 0.15) is 79.5 Å². The maximum absolute atomic E-state index is 15.5. The van der Waals surface area contributed by atoms with Crippen molar-refractivity contribution in [2.24, 2.45) is 17.6 Å². The molecule has 27 nitrogen and oxygen atoms in total. The van der Waals surface area contributed by atoms with Gasteiger partial charge in [0.1, 0.15) is 48.3 Å². The van der Waals surface area contributed by atoms with Crippen molar-refractivity contribution >= 4 is 76.9 Å². The van der Waals surface area contributed by atoms with Crippen LogP contribution in [0.25, 0.3) is 0 Å². The number of ether oxygens (including phenoxy) is 2. The van der Waals surface area contributed by atoms with E-state index >= 15 is 19.2 Å². The van der Waals surface area contributed by atoms with Gasteiger partial charge in [0.2, 0.25) is 53.2 Å². The molecule has 2 aliphatic heterocycles. The predicted molar refractivity (Wildman–Crippen MR) is 382 cm³/mol. The zero-order chi connectivity index (χ0) is 73.8. The Kier molecular flexibility index (Phi) is 30.3. The fourth-order valence-electron chi connectivity index (χ4n) is 12.5. The number of carboxylic acids is 2. The number of carbonyl (C=O) groups is 11. The molecule has 0 unspecified atom stereocenters. The molecular weight excluding hydrogens is 1340 g/mol. The molecule has 2 saturated heterocycles. The van der Waals surface area contributed by atoms with Gasteiger partial charge in [-0.2, -0.15) is 11.8 Å². The normalized spacial score (nSPS) is 16.4. The second kappa shape index (κ2) is 39.8. The minimum Gasteiger partial charge on any atom is -0.481 e. The molecule has 1 aromatic heterocycles. The Morgan fingerprint density at radius 3 is 1.44 bits per heavy atom. The van der Waals surface area contributed by atoms with Crippen LogP contribution < -0.4 is 43.0 Å². The molecule has 2 fully saturated rings. The van der Waals surface area contributed by atoms with E-state index in [-0.39, 0.29) is 70.2 Å². The third-order valence-electron chi connectivity index (χ3n) is 17.7. The Morgan fingerprint density at radius 2 is 0.981 bits per heavy atom. The molecule has 5 aromatic carbocycles. The highest BCUT2D eigenvalue weighted by Crippen LogP contribution is 2.35. The molecular formula is C75H92N12O15S. The molecule has 0 bridgehead atoms. The number of benzene rings is 5. The molecule has 0 aliphatic carbocycles. The summed E-state index contributed by atoms with van der Waals surface area (Å²) in [5.41, 5.74) is 9.78. The quantitative estimate of drug-likeness (QED) is 0.0263. The van der Waals surface area contributed by atoms with Crippen molar-refractivity contribution in [1.29, 1.82) is 0 Å². The van der Waals surface area contributed by atoms with Crippen molar-refractivity contribution in [3.63, 3.8) is 0 Å². The Bertz CT molecular complexity index is 3730. The van der Waals surface area contributed by atoms with Gasteiger partial charge in [-0.25, -0.2) is 4.98 Å². The van der Waals surface area contributed by atoms with E-state index in [1.54, 1.807) is 102 Å². The minimum atomic E-state index is -1.91. The van der Waals surface area contributed by atoms with Gasteiger partial charge in [-0.05, 0) is 65.0 Å². The van der Waals surface area contributed by atoms with E-state index in [1.807, 2.05) is 74.5 Å². The lowest BCUT2D eigenvalue weighted by Gasteiger charge is -2.33.